The van der Waals surface area contributed by atoms with Crippen molar-refractivity contribution >= 4 is 5.78 Å². The van der Waals surface area contributed by atoms with Crippen LogP contribution < -0.4 is 0 Å². The number of ketones is 1. The molecule has 2 heteroatoms. The maximum atomic E-state index is 15.3. The molecule has 4 rings (SSSR count). The molecule has 3 aromatic carbocycles. The Bertz CT molecular complexity index is 1590. The zero-order valence-electron chi connectivity index (χ0n) is 33.0. The molecular formula is C47H67FO. The van der Waals surface area contributed by atoms with Crippen LogP contribution >= 0.6 is 0 Å². The van der Waals surface area contributed by atoms with Gasteiger partial charge in [-0.2, -0.15) is 0 Å². The van der Waals surface area contributed by atoms with E-state index < -0.39 is 0 Å². The van der Waals surface area contributed by atoms with Crippen molar-refractivity contribution in [3.63, 3.8) is 0 Å². The summed E-state index contributed by atoms with van der Waals surface area (Å²) in [5.74, 6) is 0.655. The maximum Gasteiger partial charge on any atom is 0.168 e. The molecular weight excluding hydrogens is 600 g/mol. The molecule has 0 bridgehead atoms. The van der Waals surface area contributed by atoms with Crippen LogP contribution in [0.15, 0.2) is 102 Å². The molecule has 0 saturated heterocycles. The van der Waals surface area contributed by atoms with Gasteiger partial charge in [-0.3, -0.25) is 4.79 Å². The minimum absolute atomic E-state index is 0. The number of aryl methyl sites for hydroxylation is 2. The minimum atomic E-state index is -0.0417. The van der Waals surface area contributed by atoms with Crippen molar-refractivity contribution in [2.24, 2.45) is 5.92 Å². The van der Waals surface area contributed by atoms with Crippen LogP contribution in [0.3, 0.4) is 0 Å². The Kier molecular flexibility index (Phi) is 23.0. The average Bonchev–Trinajstić information content (AvgIpc) is 3.13. The number of halogens is 1. The van der Waals surface area contributed by atoms with E-state index >= 15 is 4.39 Å². The van der Waals surface area contributed by atoms with Gasteiger partial charge in [0.25, 0.3) is 0 Å². The highest BCUT2D eigenvalue weighted by molar-refractivity contribution is 6.01. The second-order valence-corrected chi connectivity index (χ2v) is 11.8. The van der Waals surface area contributed by atoms with E-state index in [1.54, 1.807) is 6.07 Å². The minimum Gasteiger partial charge on any atom is -0.294 e. The lowest BCUT2D eigenvalue weighted by Gasteiger charge is -2.18. The molecule has 268 valence electrons. The summed E-state index contributed by atoms with van der Waals surface area (Å²) in [5, 5.41) is 0. The van der Waals surface area contributed by atoms with Crippen LogP contribution in [-0.2, 0) is 24.1 Å². The largest absolute Gasteiger partial charge is 0.294 e. The molecule has 0 unspecified atom stereocenters. The third-order valence-electron chi connectivity index (χ3n) is 8.20. The highest BCUT2D eigenvalue weighted by Crippen LogP contribution is 2.36. The standard InChI is InChI=1S/C29H35F.C12H12O.3C2H6.H2/c1-6-11-22-18-23(19-29(30)27(22)17-16-20(3)4)26-14-10-15-28(24(26)7-2)25-13-9-8-12-21(25)5;1-4-9(3)11-7-6-10(5-2)8-12(11)13;3*1-2;/h8-10,12-15,18-20H,6-7,11,16-17H2,1-5H3;7H,1-2,6,8H2,3H3;3*1-2H3;1H. The summed E-state index contributed by atoms with van der Waals surface area (Å²) >= 11 is 0. The molecule has 3 aromatic rings. The number of carbonyl (C=O) groups is 1. The Morgan fingerprint density at radius 1 is 0.878 bits per heavy atom. The fourth-order valence-corrected chi connectivity index (χ4v) is 5.71. The van der Waals surface area contributed by atoms with Gasteiger partial charge in [0, 0.05) is 19.0 Å². The number of carbonyl (C=O) groups excluding carboxylic acids is 1. The van der Waals surface area contributed by atoms with Gasteiger partial charge in [0.15, 0.2) is 5.78 Å². The van der Waals surface area contributed by atoms with E-state index in [4.69, 9.17) is 0 Å². The van der Waals surface area contributed by atoms with E-state index in [1.165, 1.54) is 27.8 Å². The summed E-state index contributed by atoms with van der Waals surface area (Å²) in [4.78, 5) is 11.5. The van der Waals surface area contributed by atoms with Crippen molar-refractivity contribution in [3.05, 3.63) is 130 Å². The summed E-state index contributed by atoms with van der Waals surface area (Å²) in [6.45, 7) is 31.8. The van der Waals surface area contributed by atoms with Gasteiger partial charge in [-0.1, -0.05) is 143 Å². The van der Waals surface area contributed by atoms with E-state index in [0.717, 1.165) is 71.9 Å². The van der Waals surface area contributed by atoms with Crippen molar-refractivity contribution in [1.82, 2.24) is 0 Å². The lowest BCUT2D eigenvalue weighted by atomic mass is 9.86. The highest BCUT2D eigenvalue weighted by atomic mass is 19.1. The van der Waals surface area contributed by atoms with Crippen LogP contribution in [0.5, 0.6) is 0 Å². The van der Waals surface area contributed by atoms with E-state index in [2.05, 4.69) is 108 Å². The number of Topliss-reactive ketones (excluding diaryl/α,β-unsaturated/α-hetero) is 1. The van der Waals surface area contributed by atoms with Crippen molar-refractivity contribution in [2.75, 3.05) is 0 Å². The Morgan fingerprint density at radius 3 is 2.02 bits per heavy atom. The lowest BCUT2D eigenvalue weighted by Crippen LogP contribution is -2.09. The first-order chi connectivity index (χ1) is 23.6. The Balaban J connectivity index is 0. The average molecular weight is 667 g/mol. The molecule has 0 atom stereocenters. The van der Waals surface area contributed by atoms with Gasteiger partial charge in [-0.05, 0) is 108 Å². The second-order valence-electron chi connectivity index (χ2n) is 11.8. The van der Waals surface area contributed by atoms with Gasteiger partial charge in [0.1, 0.15) is 5.82 Å². The van der Waals surface area contributed by atoms with E-state index in [0.29, 0.717) is 12.3 Å². The van der Waals surface area contributed by atoms with Gasteiger partial charge >= 0.3 is 0 Å². The zero-order valence-corrected chi connectivity index (χ0v) is 33.0. The van der Waals surface area contributed by atoms with Crippen molar-refractivity contribution in [3.8, 4) is 22.3 Å². The first kappa shape index (κ1) is 45.0. The molecule has 1 aliphatic carbocycles. The number of hydrogen-bond donors (Lipinski definition) is 0. The van der Waals surface area contributed by atoms with Crippen LogP contribution in [0.2, 0.25) is 0 Å². The molecule has 0 saturated carbocycles. The molecule has 1 nitrogen and oxygen atoms in total. The quantitative estimate of drug-likeness (QED) is 0.208. The molecule has 0 fully saturated rings. The maximum absolute atomic E-state index is 15.3. The summed E-state index contributed by atoms with van der Waals surface area (Å²) < 4.78 is 15.3. The summed E-state index contributed by atoms with van der Waals surface area (Å²) in [6.07, 6.45) is 7.82. The predicted molar refractivity (Wildman–Crippen MR) is 218 cm³/mol. The second kappa shape index (κ2) is 25.1. The van der Waals surface area contributed by atoms with E-state index in [-0.39, 0.29) is 13.0 Å². The van der Waals surface area contributed by atoms with Crippen LogP contribution in [0.1, 0.15) is 126 Å². The van der Waals surface area contributed by atoms with E-state index in [9.17, 15) is 4.79 Å². The topological polar surface area (TPSA) is 17.1 Å². The normalized spacial score (nSPS) is 11.5. The number of rotatable bonds is 9. The number of benzene rings is 3. The Hall–Kier alpha value is -3.96. The monoisotopic (exact) mass is 667 g/mol. The third kappa shape index (κ3) is 13.5. The van der Waals surface area contributed by atoms with Crippen LogP contribution in [0, 0.1) is 18.7 Å². The van der Waals surface area contributed by atoms with Crippen LogP contribution in [-0.4, -0.2) is 5.78 Å². The SMILES string of the molecule is C=C=C1CC=C(C(C)=C=C)C(=O)C1.CC.CC.CC.CCCc1cc(-c2cccc(-c3ccccc3C)c2CC)cc(F)c1CCC(C)C.[HH]. The van der Waals surface area contributed by atoms with Gasteiger partial charge in [0.05, 0.1) is 0 Å². The van der Waals surface area contributed by atoms with E-state index in [1.807, 2.05) is 54.5 Å². The van der Waals surface area contributed by atoms with Gasteiger partial charge in [-0.25, -0.2) is 4.39 Å². The molecule has 0 aromatic heterocycles. The number of allylic oxidation sites excluding steroid dienone is 4. The van der Waals surface area contributed by atoms with Crippen molar-refractivity contribution < 1.29 is 10.6 Å². The molecule has 49 heavy (non-hydrogen) atoms. The van der Waals surface area contributed by atoms with Crippen LogP contribution in [0.4, 0.5) is 4.39 Å². The summed E-state index contributed by atoms with van der Waals surface area (Å²) in [5.41, 5.74) is 17.4. The smallest absolute Gasteiger partial charge is 0.168 e. The zero-order chi connectivity index (χ0) is 37.5. The summed E-state index contributed by atoms with van der Waals surface area (Å²) in [6, 6.07) is 19.0. The molecule has 0 spiro atoms. The fourth-order valence-electron chi connectivity index (χ4n) is 5.71. The van der Waals surface area contributed by atoms with Gasteiger partial charge in [0.2, 0.25) is 0 Å². The third-order valence-corrected chi connectivity index (χ3v) is 8.20. The molecule has 0 radical (unpaired) electrons. The lowest BCUT2D eigenvalue weighted by molar-refractivity contribution is -0.114. The molecule has 0 N–H and O–H groups in total. The van der Waals surface area contributed by atoms with Gasteiger partial charge < -0.3 is 0 Å². The molecule has 0 aliphatic heterocycles. The first-order valence-corrected chi connectivity index (χ1v) is 18.6. The molecule has 0 heterocycles. The van der Waals surface area contributed by atoms with Crippen molar-refractivity contribution in [1.29, 1.82) is 0 Å². The van der Waals surface area contributed by atoms with Crippen molar-refractivity contribution in [2.45, 2.75) is 128 Å². The first-order valence-electron chi connectivity index (χ1n) is 18.6. The molecule has 0 amide bonds. The summed E-state index contributed by atoms with van der Waals surface area (Å²) in [7, 11) is 0. The molecule has 1 aliphatic rings. The highest BCUT2D eigenvalue weighted by Gasteiger charge is 2.18. The Morgan fingerprint density at radius 2 is 1.49 bits per heavy atom. The number of hydrogen-bond acceptors (Lipinski definition) is 1. The fraction of sp³-hybridized carbons (Fsp3) is 0.426. The Labute approximate surface area is 302 Å². The van der Waals surface area contributed by atoms with Crippen LogP contribution in [0.25, 0.3) is 22.3 Å². The van der Waals surface area contributed by atoms with Gasteiger partial charge in [-0.15, -0.1) is 11.5 Å². The predicted octanol–water partition coefficient (Wildman–Crippen LogP) is 14.6.